The molecule has 2 rings (SSSR count). The summed E-state index contributed by atoms with van der Waals surface area (Å²) < 4.78 is 0. The van der Waals surface area contributed by atoms with Crippen LogP contribution in [0.2, 0.25) is 0 Å². The van der Waals surface area contributed by atoms with Crippen molar-refractivity contribution in [2.24, 2.45) is 0 Å². The van der Waals surface area contributed by atoms with Gasteiger partial charge in [-0.3, -0.25) is 4.98 Å². The minimum Gasteiger partial charge on any atom is -0.375 e. The molecule has 1 aromatic rings. The number of rotatable bonds is 6. The molecular weight excluding hydrogens is 270 g/mol. The van der Waals surface area contributed by atoms with Gasteiger partial charge in [0.1, 0.15) is 0 Å². The molecule has 1 aliphatic rings. The van der Waals surface area contributed by atoms with E-state index in [1.165, 1.54) is 32.1 Å². The van der Waals surface area contributed by atoms with Crippen LogP contribution in [0, 0.1) is 0 Å². The number of hydrogen-bond donors (Lipinski definition) is 2. The Morgan fingerprint density at radius 2 is 1.86 bits per heavy atom. The molecule has 0 spiro atoms. The van der Waals surface area contributed by atoms with Crippen molar-refractivity contribution in [1.29, 1.82) is 0 Å². The predicted molar refractivity (Wildman–Crippen MR) is 96.3 cm³/mol. The van der Waals surface area contributed by atoms with Crippen LogP contribution in [0.4, 0.5) is 0 Å². The van der Waals surface area contributed by atoms with Crippen LogP contribution in [-0.2, 0) is 0 Å². The fourth-order valence-electron chi connectivity index (χ4n) is 3.03. The zero-order valence-electron chi connectivity index (χ0n) is 13.8. The van der Waals surface area contributed by atoms with Gasteiger partial charge in [0.15, 0.2) is 0 Å². The highest BCUT2D eigenvalue weighted by molar-refractivity contribution is 5.61. The molecule has 22 heavy (non-hydrogen) atoms. The number of nitrogens with one attached hydrogen (secondary N) is 2. The lowest BCUT2D eigenvalue weighted by atomic mass is 9.77. The SMILES string of the molecule is C=C.C=C(NC)NC1(CC(=C)c2ccccn2)CCCCC1. The van der Waals surface area contributed by atoms with Crippen LogP contribution in [0.25, 0.3) is 5.57 Å². The van der Waals surface area contributed by atoms with E-state index >= 15 is 0 Å². The van der Waals surface area contributed by atoms with E-state index in [9.17, 15) is 0 Å². The quantitative estimate of drug-likeness (QED) is 0.770. The maximum atomic E-state index is 4.41. The number of pyridine rings is 1. The van der Waals surface area contributed by atoms with Gasteiger partial charge >= 0.3 is 0 Å². The first-order valence-electron chi connectivity index (χ1n) is 7.89. The summed E-state index contributed by atoms with van der Waals surface area (Å²) in [6.45, 7) is 14.3. The van der Waals surface area contributed by atoms with Crippen molar-refractivity contribution in [2.75, 3.05) is 7.05 Å². The Morgan fingerprint density at radius 3 is 2.41 bits per heavy atom. The number of aromatic nitrogens is 1. The lowest BCUT2D eigenvalue weighted by molar-refractivity contribution is 0.251. The summed E-state index contributed by atoms with van der Waals surface area (Å²) in [6, 6.07) is 5.99. The predicted octanol–water partition coefficient (Wildman–Crippen LogP) is 4.27. The molecule has 1 aliphatic carbocycles. The zero-order valence-corrected chi connectivity index (χ0v) is 13.8. The first-order chi connectivity index (χ1) is 10.7. The van der Waals surface area contributed by atoms with Crippen molar-refractivity contribution in [3.63, 3.8) is 0 Å². The molecule has 1 aromatic heterocycles. The molecule has 0 atom stereocenters. The van der Waals surface area contributed by atoms with Gasteiger partial charge in [0, 0.05) is 18.8 Å². The van der Waals surface area contributed by atoms with Crippen LogP contribution in [0.1, 0.15) is 44.2 Å². The van der Waals surface area contributed by atoms with Gasteiger partial charge in [0.2, 0.25) is 0 Å². The normalized spacial score (nSPS) is 15.9. The fourth-order valence-corrected chi connectivity index (χ4v) is 3.03. The second-order valence-corrected chi connectivity index (χ2v) is 5.69. The van der Waals surface area contributed by atoms with Crippen LogP contribution in [0.15, 0.2) is 56.5 Å². The maximum Gasteiger partial charge on any atom is 0.0914 e. The molecular formula is C19H29N3. The van der Waals surface area contributed by atoms with E-state index in [0.717, 1.165) is 23.5 Å². The average Bonchev–Trinajstić information content (AvgIpc) is 2.58. The highest BCUT2D eigenvalue weighted by atomic mass is 15.1. The summed E-state index contributed by atoms with van der Waals surface area (Å²) in [4.78, 5) is 4.41. The molecule has 1 saturated carbocycles. The van der Waals surface area contributed by atoms with Gasteiger partial charge in [0.05, 0.1) is 11.5 Å². The Morgan fingerprint density at radius 1 is 1.18 bits per heavy atom. The average molecular weight is 299 g/mol. The van der Waals surface area contributed by atoms with Crippen molar-refractivity contribution in [1.82, 2.24) is 15.6 Å². The molecule has 3 heteroatoms. The summed E-state index contributed by atoms with van der Waals surface area (Å²) in [6.07, 6.45) is 8.93. The van der Waals surface area contributed by atoms with E-state index in [-0.39, 0.29) is 5.54 Å². The first kappa shape index (κ1) is 18.0. The van der Waals surface area contributed by atoms with Crippen LogP contribution in [0.3, 0.4) is 0 Å². The Kier molecular flexibility index (Phi) is 7.44. The van der Waals surface area contributed by atoms with Crippen LogP contribution in [-0.4, -0.2) is 17.6 Å². The zero-order chi connectivity index (χ0) is 16.4. The van der Waals surface area contributed by atoms with Crippen molar-refractivity contribution >= 4 is 5.57 Å². The highest BCUT2D eigenvalue weighted by Crippen LogP contribution is 2.35. The van der Waals surface area contributed by atoms with E-state index in [2.05, 4.69) is 41.9 Å². The highest BCUT2D eigenvalue weighted by Gasteiger charge is 2.33. The van der Waals surface area contributed by atoms with Gasteiger partial charge < -0.3 is 10.6 Å². The van der Waals surface area contributed by atoms with E-state index in [4.69, 9.17) is 0 Å². The summed E-state index contributed by atoms with van der Waals surface area (Å²) >= 11 is 0. The largest absolute Gasteiger partial charge is 0.375 e. The molecule has 3 nitrogen and oxygen atoms in total. The van der Waals surface area contributed by atoms with Crippen LogP contribution < -0.4 is 10.6 Å². The third-order valence-corrected chi connectivity index (χ3v) is 4.11. The summed E-state index contributed by atoms with van der Waals surface area (Å²) in [5.41, 5.74) is 2.17. The lowest BCUT2D eigenvalue weighted by Crippen LogP contribution is -2.48. The molecule has 1 heterocycles. The summed E-state index contributed by atoms with van der Waals surface area (Å²) in [7, 11) is 1.90. The van der Waals surface area contributed by atoms with Crippen molar-refractivity contribution in [3.8, 4) is 0 Å². The number of nitrogens with zero attached hydrogens (tertiary/aromatic N) is 1. The second kappa shape index (κ2) is 9.08. The van der Waals surface area contributed by atoms with E-state index in [0.29, 0.717) is 0 Å². The van der Waals surface area contributed by atoms with Gasteiger partial charge in [-0.2, -0.15) is 0 Å². The molecule has 0 unspecified atom stereocenters. The molecule has 0 bridgehead atoms. The molecule has 0 amide bonds. The maximum absolute atomic E-state index is 4.41. The van der Waals surface area contributed by atoms with E-state index in [1.807, 2.05) is 31.4 Å². The molecule has 120 valence electrons. The Hall–Kier alpha value is -2.03. The second-order valence-electron chi connectivity index (χ2n) is 5.69. The van der Waals surface area contributed by atoms with Crippen molar-refractivity contribution in [2.45, 2.75) is 44.1 Å². The van der Waals surface area contributed by atoms with Crippen LogP contribution in [0.5, 0.6) is 0 Å². The summed E-state index contributed by atoms with van der Waals surface area (Å²) in [5.74, 6) is 0.890. The van der Waals surface area contributed by atoms with Gasteiger partial charge in [-0.15, -0.1) is 13.2 Å². The van der Waals surface area contributed by atoms with E-state index in [1.54, 1.807) is 0 Å². The lowest BCUT2D eigenvalue weighted by Gasteiger charge is -2.40. The topological polar surface area (TPSA) is 37.0 Å². The van der Waals surface area contributed by atoms with Gasteiger partial charge in [-0.1, -0.05) is 38.5 Å². The number of hydrogen-bond acceptors (Lipinski definition) is 3. The first-order valence-corrected chi connectivity index (χ1v) is 7.89. The summed E-state index contributed by atoms with van der Waals surface area (Å²) in [5, 5.41) is 6.69. The monoisotopic (exact) mass is 299 g/mol. The minimum atomic E-state index is 0.0763. The molecule has 1 fully saturated rings. The Balaban J connectivity index is 0.00000116. The standard InChI is InChI=1S/C17H25N3.C2H4/c1-14(16-9-5-8-12-19-16)13-17(20-15(2)18-3)10-6-4-7-11-17;1-2/h5,8-9,12,18,20H,1-2,4,6-7,10-11,13H2,3H3;1-2H2. The smallest absolute Gasteiger partial charge is 0.0914 e. The van der Waals surface area contributed by atoms with E-state index < -0.39 is 0 Å². The Labute approximate surface area is 135 Å². The molecule has 0 saturated heterocycles. The third kappa shape index (κ3) is 5.06. The molecule has 2 N–H and O–H groups in total. The van der Waals surface area contributed by atoms with Crippen molar-refractivity contribution < 1.29 is 0 Å². The van der Waals surface area contributed by atoms with Crippen molar-refractivity contribution in [3.05, 3.63) is 62.2 Å². The molecule has 0 aliphatic heterocycles. The molecule has 0 radical (unpaired) electrons. The van der Waals surface area contributed by atoms with Gasteiger partial charge in [0.25, 0.3) is 0 Å². The van der Waals surface area contributed by atoms with Crippen LogP contribution >= 0.6 is 0 Å². The Bertz CT molecular complexity index is 473. The third-order valence-electron chi connectivity index (χ3n) is 4.11. The van der Waals surface area contributed by atoms with Gasteiger partial charge in [-0.05, 0) is 37.0 Å². The van der Waals surface area contributed by atoms with Gasteiger partial charge in [-0.25, -0.2) is 0 Å². The fraction of sp³-hybridized carbons (Fsp3) is 0.421. The minimum absolute atomic E-state index is 0.0763. The molecule has 0 aromatic carbocycles.